The third kappa shape index (κ3) is 4.41. The van der Waals surface area contributed by atoms with Crippen molar-refractivity contribution in [2.45, 2.75) is 25.2 Å². The zero-order valence-electron chi connectivity index (χ0n) is 17.2. The van der Waals surface area contributed by atoms with E-state index >= 15 is 0 Å². The molecule has 164 valence electrons. The number of carbonyl (C=O) groups excluding carboxylic acids is 1. The molecule has 0 saturated carbocycles. The van der Waals surface area contributed by atoms with Crippen LogP contribution in [0.4, 0.5) is 4.39 Å². The quantitative estimate of drug-likeness (QED) is 0.589. The Morgan fingerprint density at radius 3 is 2.48 bits per heavy atom. The number of thiazole rings is 1. The number of furan rings is 1. The fourth-order valence-electron chi connectivity index (χ4n) is 3.49. The Kier molecular flexibility index (Phi) is 5.96. The average Bonchev–Trinajstić information content (AvgIpc) is 3.24. The maximum absolute atomic E-state index is 13.2. The SMILES string of the molecule is Cc1ccc(-c2nc(C)c(C(=O)N3CCCN(S(=O)(=O)c4ccc(F)cc4)CC3)s2)o1. The van der Waals surface area contributed by atoms with Crippen molar-refractivity contribution in [3.8, 4) is 10.8 Å². The maximum atomic E-state index is 13.2. The van der Waals surface area contributed by atoms with Gasteiger partial charge < -0.3 is 9.32 Å². The molecule has 1 amide bonds. The van der Waals surface area contributed by atoms with Crippen LogP contribution in [-0.4, -0.2) is 54.7 Å². The zero-order valence-corrected chi connectivity index (χ0v) is 18.8. The molecular formula is C21H22FN3O4S2. The van der Waals surface area contributed by atoms with Gasteiger partial charge in [-0.2, -0.15) is 4.31 Å². The van der Waals surface area contributed by atoms with Gasteiger partial charge in [0.15, 0.2) is 10.8 Å². The predicted octanol–water partition coefficient (Wildman–Crippen LogP) is 3.70. The molecule has 7 nitrogen and oxygen atoms in total. The highest BCUT2D eigenvalue weighted by atomic mass is 32.2. The summed E-state index contributed by atoms with van der Waals surface area (Å²) in [4.78, 5) is 19.9. The number of rotatable bonds is 4. The normalized spacial score (nSPS) is 15.8. The molecule has 0 radical (unpaired) electrons. The fraction of sp³-hybridized carbons (Fsp3) is 0.333. The Labute approximate surface area is 184 Å². The van der Waals surface area contributed by atoms with E-state index in [0.717, 1.165) is 17.9 Å². The summed E-state index contributed by atoms with van der Waals surface area (Å²) in [6.07, 6.45) is 0.508. The van der Waals surface area contributed by atoms with E-state index in [1.807, 2.05) is 19.1 Å². The number of carbonyl (C=O) groups is 1. The van der Waals surface area contributed by atoms with Crippen LogP contribution >= 0.6 is 11.3 Å². The second-order valence-electron chi connectivity index (χ2n) is 7.35. The molecule has 0 aliphatic carbocycles. The highest BCUT2D eigenvalue weighted by Crippen LogP contribution is 2.30. The number of aryl methyl sites for hydroxylation is 2. The number of halogens is 1. The minimum atomic E-state index is -3.75. The Hall–Kier alpha value is -2.56. The molecule has 1 saturated heterocycles. The van der Waals surface area contributed by atoms with Crippen LogP contribution in [0.2, 0.25) is 0 Å². The number of amides is 1. The van der Waals surface area contributed by atoms with Gasteiger partial charge in [0.05, 0.1) is 10.6 Å². The summed E-state index contributed by atoms with van der Waals surface area (Å²) in [7, 11) is -3.75. The first-order valence-corrected chi connectivity index (χ1v) is 12.1. The average molecular weight is 464 g/mol. The van der Waals surface area contributed by atoms with Crippen molar-refractivity contribution in [3.05, 3.63) is 58.5 Å². The second-order valence-corrected chi connectivity index (χ2v) is 10.3. The van der Waals surface area contributed by atoms with Gasteiger partial charge in [-0.1, -0.05) is 0 Å². The highest BCUT2D eigenvalue weighted by Gasteiger charge is 2.30. The second kappa shape index (κ2) is 8.52. The van der Waals surface area contributed by atoms with Crippen molar-refractivity contribution in [2.24, 2.45) is 0 Å². The van der Waals surface area contributed by atoms with Gasteiger partial charge in [0.1, 0.15) is 16.5 Å². The molecule has 3 heterocycles. The van der Waals surface area contributed by atoms with Crippen LogP contribution in [0.3, 0.4) is 0 Å². The van der Waals surface area contributed by atoms with Gasteiger partial charge in [-0.15, -0.1) is 11.3 Å². The Bertz CT molecular complexity index is 1200. The van der Waals surface area contributed by atoms with Crippen LogP contribution in [-0.2, 0) is 10.0 Å². The van der Waals surface area contributed by atoms with Crippen LogP contribution in [0.15, 0.2) is 45.7 Å². The third-order valence-corrected chi connectivity index (χ3v) is 8.21. The molecule has 4 rings (SSSR count). The molecule has 1 aliphatic rings. The van der Waals surface area contributed by atoms with Crippen molar-refractivity contribution < 1.29 is 22.0 Å². The van der Waals surface area contributed by atoms with E-state index in [0.29, 0.717) is 40.8 Å². The van der Waals surface area contributed by atoms with Gasteiger partial charge in [-0.25, -0.2) is 17.8 Å². The summed E-state index contributed by atoms with van der Waals surface area (Å²) in [5.74, 6) is 0.740. The van der Waals surface area contributed by atoms with E-state index in [2.05, 4.69) is 4.98 Å². The summed E-state index contributed by atoms with van der Waals surface area (Å²) in [6, 6.07) is 8.45. The van der Waals surface area contributed by atoms with E-state index in [1.165, 1.54) is 27.8 Å². The summed E-state index contributed by atoms with van der Waals surface area (Å²) < 4.78 is 45.9. The summed E-state index contributed by atoms with van der Waals surface area (Å²) >= 11 is 1.28. The lowest BCUT2D eigenvalue weighted by molar-refractivity contribution is 0.0768. The molecule has 0 atom stereocenters. The molecule has 0 bridgehead atoms. The number of nitrogens with zero attached hydrogens (tertiary/aromatic N) is 3. The molecule has 0 unspecified atom stereocenters. The van der Waals surface area contributed by atoms with Crippen LogP contribution < -0.4 is 0 Å². The first kappa shape index (κ1) is 21.7. The van der Waals surface area contributed by atoms with E-state index in [4.69, 9.17) is 4.42 Å². The fourth-order valence-corrected chi connectivity index (χ4v) is 5.95. The van der Waals surface area contributed by atoms with E-state index < -0.39 is 15.8 Å². The summed E-state index contributed by atoms with van der Waals surface area (Å²) in [5.41, 5.74) is 0.624. The van der Waals surface area contributed by atoms with Crippen molar-refractivity contribution in [1.82, 2.24) is 14.2 Å². The molecule has 3 aromatic rings. The first-order chi connectivity index (χ1) is 14.8. The van der Waals surface area contributed by atoms with Gasteiger partial charge in [-0.3, -0.25) is 4.79 Å². The monoisotopic (exact) mass is 463 g/mol. The van der Waals surface area contributed by atoms with Gasteiger partial charge in [-0.05, 0) is 56.7 Å². The lowest BCUT2D eigenvalue weighted by Crippen LogP contribution is -2.37. The number of benzene rings is 1. The molecular weight excluding hydrogens is 441 g/mol. The van der Waals surface area contributed by atoms with Gasteiger partial charge in [0, 0.05) is 26.2 Å². The topological polar surface area (TPSA) is 83.7 Å². The van der Waals surface area contributed by atoms with Gasteiger partial charge in [0.25, 0.3) is 5.91 Å². The first-order valence-electron chi connectivity index (χ1n) is 9.85. The third-order valence-electron chi connectivity index (χ3n) is 5.14. The molecule has 1 aromatic carbocycles. The van der Waals surface area contributed by atoms with Gasteiger partial charge >= 0.3 is 0 Å². The number of aromatic nitrogens is 1. The zero-order chi connectivity index (χ0) is 22.2. The van der Waals surface area contributed by atoms with Crippen LogP contribution in [0.1, 0.15) is 27.5 Å². The maximum Gasteiger partial charge on any atom is 0.265 e. The standard InChI is InChI=1S/C21H22FN3O4S2/c1-14-4-9-18(29-14)20-23-15(2)19(30-20)21(26)24-10-3-11-25(13-12-24)31(27,28)17-7-5-16(22)6-8-17/h4-9H,3,10-13H2,1-2H3. The van der Waals surface area contributed by atoms with E-state index in [1.54, 1.807) is 11.8 Å². The minimum absolute atomic E-state index is 0.0466. The molecule has 1 fully saturated rings. The largest absolute Gasteiger partial charge is 0.459 e. The van der Waals surface area contributed by atoms with Crippen LogP contribution in [0.5, 0.6) is 0 Å². The van der Waals surface area contributed by atoms with Crippen molar-refractivity contribution in [2.75, 3.05) is 26.2 Å². The van der Waals surface area contributed by atoms with Crippen molar-refractivity contribution in [1.29, 1.82) is 0 Å². The van der Waals surface area contributed by atoms with Crippen LogP contribution in [0, 0.1) is 19.7 Å². The predicted molar refractivity (Wildman–Crippen MR) is 115 cm³/mol. The minimum Gasteiger partial charge on any atom is -0.459 e. The smallest absolute Gasteiger partial charge is 0.265 e. The molecule has 31 heavy (non-hydrogen) atoms. The molecule has 2 aromatic heterocycles. The molecule has 0 N–H and O–H groups in total. The Morgan fingerprint density at radius 2 is 1.81 bits per heavy atom. The lowest BCUT2D eigenvalue weighted by Gasteiger charge is -2.21. The summed E-state index contributed by atoms with van der Waals surface area (Å²) in [6.45, 7) is 4.81. The van der Waals surface area contributed by atoms with E-state index in [9.17, 15) is 17.6 Å². The Morgan fingerprint density at radius 1 is 1.06 bits per heavy atom. The van der Waals surface area contributed by atoms with Crippen LogP contribution in [0.25, 0.3) is 10.8 Å². The molecule has 0 spiro atoms. The number of sulfonamides is 1. The highest BCUT2D eigenvalue weighted by molar-refractivity contribution is 7.89. The molecule has 10 heteroatoms. The number of hydrogen-bond acceptors (Lipinski definition) is 6. The van der Waals surface area contributed by atoms with Crippen molar-refractivity contribution >= 4 is 27.3 Å². The lowest BCUT2D eigenvalue weighted by atomic mass is 10.3. The van der Waals surface area contributed by atoms with Gasteiger partial charge in [0.2, 0.25) is 10.0 Å². The van der Waals surface area contributed by atoms with Crippen molar-refractivity contribution in [3.63, 3.8) is 0 Å². The summed E-state index contributed by atoms with van der Waals surface area (Å²) in [5, 5.41) is 0.643. The molecule has 1 aliphatic heterocycles. The number of hydrogen-bond donors (Lipinski definition) is 0. The Balaban J connectivity index is 1.49. The van der Waals surface area contributed by atoms with E-state index in [-0.39, 0.29) is 23.9 Å².